The molecule has 3 aromatic rings. The van der Waals surface area contributed by atoms with E-state index >= 15 is 0 Å². The Kier molecular flexibility index (Phi) is 4.06. The van der Waals surface area contributed by atoms with E-state index in [0.717, 1.165) is 10.7 Å². The summed E-state index contributed by atoms with van der Waals surface area (Å²) in [5.41, 5.74) is 6.63. The SMILES string of the molecule is c1ccc(-c2ccc(N=Nc3cc4c5c(c3)CCCN5CCC4)s2)cc1. The maximum absolute atomic E-state index is 4.57. The van der Waals surface area contributed by atoms with Crippen LogP contribution in [0.1, 0.15) is 24.0 Å². The van der Waals surface area contributed by atoms with Crippen molar-refractivity contribution in [3.63, 3.8) is 0 Å². The fraction of sp³-hybridized carbons (Fsp3) is 0.273. The molecule has 0 unspecified atom stereocenters. The zero-order valence-electron chi connectivity index (χ0n) is 14.7. The molecule has 130 valence electrons. The number of anilines is 1. The summed E-state index contributed by atoms with van der Waals surface area (Å²) in [6.45, 7) is 2.41. The van der Waals surface area contributed by atoms with Crippen LogP contribution in [-0.4, -0.2) is 13.1 Å². The number of nitrogens with zero attached hydrogens (tertiary/aromatic N) is 3. The highest BCUT2D eigenvalue weighted by Crippen LogP contribution is 2.39. The summed E-state index contributed by atoms with van der Waals surface area (Å²) in [5, 5.41) is 10.0. The molecule has 0 fully saturated rings. The first-order chi connectivity index (χ1) is 12.9. The molecular formula is C22H21N3S. The normalized spacial score (nSPS) is 16.1. The van der Waals surface area contributed by atoms with Gasteiger partial charge in [-0.1, -0.05) is 30.3 Å². The van der Waals surface area contributed by atoms with Crippen LogP contribution in [0, 0.1) is 0 Å². The lowest BCUT2D eigenvalue weighted by Crippen LogP contribution is -2.34. The third kappa shape index (κ3) is 2.95. The highest BCUT2D eigenvalue weighted by molar-refractivity contribution is 7.19. The van der Waals surface area contributed by atoms with E-state index in [1.54, 1.807) is 11.3 Å². The minimum atomic E-state index is 0.955. The van der Waals surface area contributed by atoms with Gasteiger partial charge in [0.15, 0.2) is 0 Å². The summed E-state index contributed by atoms with van der Waals surface area (Å²) < 4.78 is 0. The van der Waals surface area contributed by atoms with E-state index in [4.69, 9.17) is 0 Å². The van der Waals surface area contributed by atoms with Gasteiger partial charge in [0, 0.05) is 23.7 Å². The van der Waals surface area contributed by atoms with Gasteiger partial charge in [0.05, 0.1) is 5.69 Å². The Balaban J connectivity index is 1.43. The molecule has 2 aliphatic heterocycles. The lowest BCUT2D eigenvalue weighted by Gasteiger charge is -2.36. The predicted molar refractivity (Wildman–Crippen MR) is 109 cm³/mol. The fourth-order valence-corrected chi connectivity index (χ4v) is 4.92. The third-order valence-electron chi connectivity index (χ3n) is 5.23. The summed E-state index contributed by atoms with van der Waals surface area (Å²) in [6, 6.07) is 19.1. The van der Waals surface area contributed by atoms with E-state index in [-0.39, 0.29) is 0 Å². The van der Waals surface area contributed by atoms with E-state index in [2.05, 4.69) is 63.7 Å². The highest BCUT2D eigenvalue weighted by Gasteiger charge is 2.24. The van der Waals surface area contributed by atoms with Gasteiger partial charge in [-0.15, -0.1) is 21.6 Å². The predicted octanol–water partition coefficient (Wildman–Crippen LogP) is 6.53. The highest BCUT2D eigenvalue weighted by atomic mass is 32.1. The van der Waals surface area contributed by atoms with E-state index in [1.165, 1.54) is 66.0 Å². The molecule has 0 radical (unpaired) electrons. The Bertz CT molecular complexity index is 928. The smallest absolute Gasteiger partial charge is 0.139 e. The quantitative estimate of drug-likeness (QED) is 0.489. The Labute approximate surface area is 158 Å². The lowest BCUT2D eigenvalue weighted by molar-refractivity contribution is 0.634. The molecule has 0 spiro atoms. The number of azo groups is 1. The van der Waals surface area contributed by atoms with Gasteiger partial charge in [0.2, 0.25) is 0 Å². The molecule has 4 heteroatoms. The first-order valence-electron chi connectivity index (χ1n) is 9.34. The first-order valence-corrected chi connectivity index (χ1v) is 10.2. The second-order valence-electron chi connectivity index (χ2n) is 7.01. The Morgan fingerprint density at radius 2 is 1.54 bits per heavy atom. The van der Waals surface area contributed by atoms with Crippen molar-refractivity contribution in [1.82, 2.24) is 0 Å². The zero-order valence-corrected chi connectivity index (χ0v) is 15.5. The van der Waals surface area contributed by atoms with Crippen molar-refractivity contribution >= 4 is 27.7 Å². The molecule has 3 nitrogen and oxygen atoms in total. The van der Waals surface area contributed by atoms with Gasteiger partial charge in [0.1, 0.15) is 5.00 Å². The number of benzene rings is 2. The molecule has 0 aliphatic carbocycles. The molecule has 0 saturated carbocycles. The maximum atomic E-state index is 4.57. The van der Waals surface area contributed by atoms with Gasteiger partial charge in [-0.2, -0.15) is 0 Å². The van der Waals surface area contributed by atoms with Crippen molar-refractivity contribution in [2.75, 3.05) is 18.0 Å². The minimum Gasteiger partial charge on any atom is -0.371 e. The molecule has 5 rings (SSSR count). The van der Waals surface area contributed by atoms with E-state index in [1.807, 2.05) is 6.07 Å². The number of rotatable bonds is 3. The van der Waals surface area contributed by atoms with Gasteiger partial charge < -0.3 is 4.90 Å². The maximum Gasteiger partial charge on any atom is 0.139 e. The van der Waals surface area contributed by atoms with Crippen LogP contribution >= 0.6 is 11.3 Å². The summed E-state index contributed by atoms with van der Waals surface area (Å²) >= 11 is 1.69. The standard InChI is InChI=1S/C22H21N3S/c1-2-6-16(7-3-1)20-10-11-21(26-20)24-23-19-14-17-8-4-12-25-13-5-9-18(15-19)22(17)25/h1-3,6-7,10-11,14-15H,4-5,8-9,12-13H2. The summed E-state index contributed by atoms with van der Waals surface area (Å²) in [5.74, 6) is 0. The Morgan fingerprint density at radius 3 is 2.27 bits per heavy atom. The molecular weight excluding hydrogens is 338 g/mol. The van der Waals surface area contributed by atoms with Crippen molar-refractivity contribution in [1.29, 1.82) is 0 Å². The van der Waals surface area contributed by atoms with Crippen LogP contribution in [0.25, 0.3) is 10.4 Å². The molecule has 2 aliphatic rings. The number of aryl methyl sites for hydroxylation is 2. The average molecular weight is 359 g/mol. The Morgan fingerprint density at radius 1 is 0.808 bits per heavy atom. The first kappa shape index (κ1) is 15.8. The number of thiophene rings is 1. The summed E-state index contributed by atoms with van der Waals surface area (Å²) in [4.78, 5) is 3.79. The Hall–Kier alpha value is -2.46. The lowest BCUT2D eigenvalue weighted by atomic mass is 9.91. The zero-order chi connectivity index (χ0) is 17.3. The van der Waals surface area contributed by atoms with E-state index in [9.17, 15) is 0 Å². The largest absolute Gasteiger partial charge is 0.371 e. The summed E-state index contributed by atoms with van der Waals surface area (Å²) in [6.07, 6.45) is 4.83. The van der Waals surface area contributed by atoms with Gasteiger partial charge in [0.25, 0.3) is 0 Å². The van der Waals surface area contributed by atoms with E-state index < -0.39 is 0 Å². The molecule has 0 saturated heterocycles. The van der Waals surface area contributed by atoms with Crippen LogP contribution in [0.4, 0.5) is 16.4 Å². The van der Waals surface area contributed by atoms with Crippen molar-refractivity contribution in [2.45, 2.75) is 25.7 Å². The van der Waals surface area contributed by atoms with Crippen LogP contribution in [0.2, 0.25) is 0 Å². The van der Waals surface area contributed by atoms with Crippen molar-refractivity contribution < 1.29 is 0 Å². The van der Waals surface area contributed by atoms with E-state index in [0.29, 0.717) is 0 Å². The third-order valence-corrected chi connectivity index (χ3v) is 6.25. The van der Waals surface area contributed by atoms with Crippen LogP contribution in [0.3, 0.4) is 0 Å². The molecule has 0 bridgehead atoms. The molecule has 1 aromatic heterocycles. The molecule has 26 heavy (non-hydrogen) atoms. The number of hydrogen-bond acceptors (Lipinski definition) is 4. The van der Waals surface area contributed by atoms with Gasteiger partial charge in [-0.05, 0) is 66.6 Å². The van der Waals surface area contributed by atoms with Gasteiger partial charge in [-0.25, -0.2) is 0 Å². The number of hydrogen-bond donors (Lipinski definition) is 0. The molecule has 2 aromatic carbocycles. The molecule has 3 heterocycles. The van der Waals surface area contributed by atoms with Gasteiger partial charge >= 0.3 is 0 Å². The summed E-state index contributed by atoms with van der Waals surface area (Å²) in [7, 11) is 0. The fourth-order valence-electron chi connectivity index (χ4n) is 4.09. The van der Waals surface area contributed by atoms with Crippen LogP contribution in [0.15, 0.2) is 64.8 Å². The molecule has 0 atom stereocenters. The van der Waals surface area contributed by atoms with Crippen LogP contribution in [-0.2, 0) is 12.8 Å². The minimum absolute atomic E-state index is 0.955. The monoisotopic (exact) mass is 359 g/mol. The van der Waals surface area contributed by atoms with Crippen LogP contribution in [0.5, 0.6) is 0 Å². The topological polar surface area (TPSA) is 28.0 Å². The molecule has 0 amide bonds. The van der Waals surface area contributed by atoms with Crippen molar-refractivity contribution in [3.05, 3.63) is 65.7 Å². The molecule has 0 N–H and O–H groups in total. The van der Waals surface area contributed by atoms with Crippen LogP contribution < -0.4 is 4.90 Å². The average Bonchev–Trinajstić information content (AvgIpc) is 3.17. The van der Waals surface area contributed by atoms with Gasteiger partial charge in [-0.3, -0.25) is 0 Å². The second-order valence-corrected chi connectivity index (χ2v) is 8.07. The van der Waals surface area contributed by atoms with Crippen molar-refractivity contribution in [2.24, 2.45) is 10.2 Å². The van der Waals surface area contributed by atoms with Crippen molar-refractivity contribution in [3.8, 4) is 10.4 Å². The second kappa shape index (κ2) is 6.69.